The minimum Gasteiger partial charge on any atom is -0.369 e. The van der Waals surface area contributed by atoms with Gasteiger partial charge < -0.3 is 16.0 Å². The highest BCUT2D eigenvalue weighted by Gasteiger charge is 2.16. The Morgan fingerprint density at radius 3 is 2.50 bits per heavy atom. The Kier molecular flexibility index (Phi) is 7.19. The molecule has 1 saturated heterocycles. The van der Waals surface area contributed by atoms with Crippen LogP contribution in [0, 0.1) is 0 Å². The fraction of sp³-hybridized carbons (Fsp3) is 0.588. The second-order valence-corrected chi connectivity index (χ2v) is 5.76. The normalized spacial score (nSPS) is 15.8. The molecule has 0 bridgehead atoms. The number of hydrogen-bond acceptors (Lipinski definition) is 4. The van der Waals surface area contributed by atoms with Gasteiger partial charge in [-0.25, -0.2) is 0 Å². The number of nitrogens with zero attached hydrogens (tertiary/aromatic N) is 2. The van der Waals surface area contributed by atoms with Crippen LogP contribution in [0.25, 0.3) is 0 Å². The molecule has 1 amide bonds. The van der Waals surface area contributed by atoms with Gasteiger partial charge in [0, 0.05) is 44.8 Å². The Labute approximate surface area is 133 Å². The molecule has 1 heterocycles. The number of anilines is 1. The second-order valence-electron chi connectivity index (χ2n) is 5.76. The summed E-state index contributed by atoms with van der Waals surface area (Å²) in [7, 11) is 0. The van der Waals surface area contributed by atoms with Crippen molar-refractivity contribution in [3.63, 3.8) is 0 Å². The van der Waals surface area contributed by atoms with Crippen molar-refractivity contribution in [1.82, 2.24) is 10.2 Å². The van der Waals surface area contributed by atoms with Crippen molar-refractivity contribution in [2.45, 2.75) is 19.3 Å². The third kappa shape index (κ3) is 5.66. The summed E-state index contributed by atoms with van der Waals surface area (Å²) in [6, 6.07) is 10.6. The predicted octanol–water partition coefficient (Wildman–Crippen LogP) is 1.05. The van der Waals surface area contributed by atoms with E-state index < -0.39 is 0 Å². The van der Waals surface area contributed by atoms with E-state index in [0.29, 0.717) is 13.0 Å². The zero-order valence-corrected chi connectivity index (χ0v) is 13.3. The minimum absolute atomic E-state index is 0.124. The lowest BCUT2D eigenvalue weighted by Gasteiger charge is -2.36. The number of rotatable bonds is 8. The molecule has 5 nitrogen and oxygen atoms in total. The number of para-hydroxylation sites is 1. The lowest BCUT2D eigenvalue weighted by Crippen LogP contribution is -2.47. The summed E-state index contributed by atoms with van der Waals surface area (Å²) in [4.78, 5) is 16.4. The summed E-state index contributed by atoms with van der Waals surface area (Å²) in [5.41, 5.74) is 6.71. The first-order valence-corrected chi connectivity index (χ1v) is 8.28. The van der Waals surface area contributed by atoms with Gasteiger partial charge in [-0.05, 0) is 38.1 Å². The summed E-state index contributed by atoms with van der Waals surface area (Å²) >= 11 is 0. The molecule has 0 aliphatic carbocycles. The number of nitrogens with two attached hydrogens (primary N) is 1. The number of carbonyl (C=O) groups is 1. The average molecular weight is 304 g/mol. The van der Waals surface area contributed by atoms with E-state index in [0.717, 1.165) is 52.1 Å². The van der Waals surface area contributed by atoms with Crippen molar-refractivity contribution in [3.05, 3.63) is 30.3 Å². The highest BCUT2D eigenvalue weighted by atomic mass is 16.1. The van der Waals surface area contributed by atoms with Crippen LogP contribution in [0.3, 0.4) is 0 Å². The van der Waals surface area contributed by atoms with Crippen LogP contribution in [0.15, 0.2) is 30.3 Å². The summed E-state index contributed by atoms with van der Waals surface area (Å²) in [6.07, 6.45) is 2.33. The molecular formula is C17H28N4O. The van der Waals surface area contributed by atoms with E-state index in [1.807, 2.05) is 0 Å². The molecule has 1 aliphatic heterocycles. The Hall–Kier alpha value is -1.59. The lowest BCUT2D eigenvalue weighted by atomic mass is 10.2. The summed E-state index contributed by atoms with van der Waals surface area (Å²) < 4.78 is 0. The van der Waals surface area contributed by atoms with Crippen molar-refractivity contribution in [3.8, 4) is 0 Å². The second kappa shape index (κ2) is 9.43. The fourth-order valence-corrected chi connectivity index (χ4v) is 2.75. The van der Waals surface area contributed by atoms with Gasteiger partial charge in [0.25, 0.3) is 0 Å². The first-order valence-electron chi connectivity index (χ1n) is 8.28. The van der Waals surface area contributed by atoms with Gasteiger partial charge in [-0.2, -0.15) is 0 Å². The standard InChI is InChI=1S/C17H28N4O/c18-9-4-8-17(22)19-10-5-11-20-12-14-21(15-13-20)16-6-2-1-3-7-16/h1-3,6-7H,4-5,8-15,18H2,(H,19,22). The van der Waals surface area contributed by atoms with Crippen LogP contribution in [-0.4, -0.2) is 56.6 Å². The van der Waals surface area contributed by atoms with Crippen molar-refractivity contribution in [2.75, 3.05) is 50.7 Å². The molecule has 122 valence electrons. The molecule has 0 unspecified atom stereocenters. The molecule has 1 aromatic carbocycles. The van der Waals surface area contributed by atoms with Crippen molar-refractivity contribution < 1.29 is 4.79 Å². The SMILES string of the molecule is NCCCC(=O)NCCCN1CCN(c2ccccc2)CC1. The molecule has 0 radical (unpaired) electrons. The van der Waals surface area contributed by atoms with E-state index in [2.05, 4.69) is 45.4 Å². The van der Waals surface area contributed by atoms with Gasteiger partial charge in [0.1, 0.15) is 0 Å². The summed E-state index contributed by atoms with van der Waals surface area (Å²) in [5.74, 6) is 0.124. The van der Waals surface area contributed by atoms with E-state index in [1.54, 1.807) is 0 Å². The average Bonchev–Trinajstić information content (AvgIpc) is 2.58. The molecule has 2 rings (SSSR count). The maximum Gasteiger partial charge on any atom is 0.220 e. The minimum atomic E-state index is 0.124. The highest BCUT2D eigenvalue weighted by molar-refractivity contribution is 5.75. The van der Waals surface area contributed by atoms with Crippen LogP contribution in [0.1, 0.15) is 19.3 Å². The Balaban J connectivity index is 1.57. The Morgan fingerprint density at radius 2 is 1.82 bits per heavy atom. The van der Waals surface area contributed by atoms with Gasteiger partial charge in [0.05, 0.1) is 0 Å². The molecule has 1 aromatic rings. The quantitative estimate of drug-likeness (QED) is 0.705. The fourth-order valence-electron chi connectivity index (χ4n) is 2.75. The van der Waals surface area contributed by atoms with Crippen LogP contribution in [0.2, 0.25) is 0 Å². The molecule has 22 heavy (non-hydrogen) atoms. The van der Waals surface area contributed by atoms with Crippen LogP contribution in [0.5, 0.6) is 0 Å². The van der Waals surface area contributed by atoms with E-state index in [-0.39, 0.29) is 5.91 Å². The third-order valence-electron chi connectivity index (χ3n) is 4.07. The summed E-state index contributed by atoms with van der Waals surface area (Å²) in [5, 5.41) is 2.96. The number of amides is 1. The molecule has 3 N–H and O–H groups in total. The van der Waals surface area contributed by atoms with Crippen LogP contribution in [0.4, 0.5) is 5.69 Å². The molecule has 5 heteroatoms. The molecule has 0 atom stereocenters. The molecular weight excluding hydrogens is 276 g/mol. The zero-order chi connectivity index (χ0) is 15.6. The van der Waals surface area contributed by atoms with Crippen molar-refractivity contribution >= 4 is 11.6 Å². The van der Waals surface area contributed by atoms with Gasteiger partial charge in [-0.15, -0.1) is 0 Å². The van der Waals surface area contributed by atoms with E-state index in [9.17, 15) is 4.79 Å². The molecule has 0 aromatic heterocycles. The predicted molar refractivity (Wildman–Crippen MR) is 91.0 cm³/mol. The monoisotopic (exact) mass is 304 g/mol. The largest absolute Gasteiger partial charge is 0.369 e. The number of piperazine rings is 1. The smallest absolute Gasteiger partial charge is 0.220 e. The molecule has 1 aliphatic rings. The molecule has 1 fully saturated rings. The number of benzene rings is 1. The third-order valence-corrected chi connectivity index (χ3v) is 4.07. The highest BCUT2D eigenvalue weighted by Crippen LogP contribution is 2.15. The van der Waals surface area contributed by atoms with Crippen LogP contribution < -0.4 is 16.0 Å². The molecule has 0 saturated carbocycles. The van der Waals surface area contributed by atoms with Crippen molar-refractivity contribution in [1.29, 1.82) is 0 Å². The van der Waals surface area contributed by atoms with E-state index in [1.165, 1.54) is 5.69 Å². The Morgan fingerprint density at radius 1 is 1.09 bits per heavy atom. The van der Waals surface area contributed by atoms with E-state index in [4.69, 9.17) is 5.73 Å². The van der Waals surface area contributed by atoms with Gasteiger partial charge in [-0.3, -0.25) is 9.69 Å². The topological polar surface area (TPSA) is 61.6 Å². The number of hydrogen-bond donors (Lipinski definition) is 2. The first-order chi connectivity index (χ1) is 10.8. The Bertz CT molecular complexity index is 430. The van der Waals surface area contributed by atoms with Gasteiger partial charge in [0.2, 0.25) is 5.91 Å². The van der Waals surface area contributed by atoms with E-state index >= 15 is 0 Å². The van der Waals surface area contributed by atoms with Gasteiger partial charge >= 0.3 is 0 Å². The molecule has 0 spiro atoms. The number of carbonyl (C=O) groups excluding carboxylic acids is 1. The lowest BCUT2D eigenvalue weighted by molar-refractivity contribution is -0.121. The number of nitrogens with one attached hydrogen (secondary N) is 1. The maximum atomic E-state index is 11.5. The first kappa shape index (κ1) is 16.8. The van der Waals surface area contributed by atoms with Gasteiger partial charge in [-0.1, -0.05) is 18.2 Å². The maximum absolute atomic E-state index is 11.5. The summed E-state index contributed by atoms with van der Waals surface area (Å²) in [6.45, 7) is 6.74. The van der Waals surface area contributed by atoms with Gasteiger partial charge in [0.15, 0.2) is 0 Å². The van der Waals surface area contributed by atoms with Crippen molar-refractivity contribution in [2.24, 2.45) is 5.73 Å². The van der Waals surface area contributed by atoms with Crippen LogP contribution in [-0.2, 0) is 4.79 Å². The van der Waals surface area contributed by atoms with Crippen LogP contribution >= 0.6 is 0 Å². The zero-order valence-electron chi connectivity index (χ0n) is 13.3.